The molecule has 0 aromatic heterocycles. The van der Waals surface area contributed by atoms with Gasteiger partial charge in [0.25, 0.3) is 0 Å². The normalized spacial score (nSPS) is 30.4. The van der Waals surface area contributed by atoms with E-state index in [2.05, 4.69) is 27.7 Å². The fourth-order valence-electron chi connectivity index (χ4n) is 20.7. The van der Waals surface area contributed by atoms with Crippen molar-refractivity contribution in [1.82, 2.24) is 0 Å². The van der Waals surface area contributed by atoms with Crippen LogP contribution in [0.4, 0.5) is 35.1 Å². The lowest BCUT2D eigenvalue weighted by molar-refractivity contribution is 0.0819. The zero-order valence-electron chi connectivity index (χ0n) is 63.8. The van der Waals surface area contributed by atoms with Gasteiger partial charge in [-0.25, -0.2) is 35.1 Å². The second-order valence-corrected chi connectivity index (χ2v) is 34.9. The van der Waals surface area contributed by atoms with Crippen molar-refractivity contribution in [3.8, 4) is 0 Å². The van der Waals surface area contributed by atoms with Gasteiger partial charge in [0.2, 0.25) is 0 Å². The fourth-order valence-corrected chi connectivity index (χ4v) is 20.7. The first kappa shape index (κ1) is 79.8. The van der Waals surface area contributed by atoms with Gasteiger partial charge in [0.15, 0.2) is 58.1 Å². The average Bonchev–Trinajstić information content (AvgIpc) is 0.800. The summed E-state index contributed by atoms with van der Waals surface area (Å²) in [5.74, 6) is 4.95. The summed E-state index contributed by atoms with van der Waals surface area (Å²) in [4.78, 5) is 25.6. The maximum Gasteiger partial charge on any atom is 0.170 e. The monoisotopic (exact) mass is 1390 g/mol. The second kappa shape index (κ2) is 37.1. The fraction of sp³-hybridized carbons (Fsp3) is 0.711. The zero-order valence-corrected chi connectivity index (χ0v) is 63.8. The minimum Gasteiger partial charge on any atom is -0.294 e. The Kier molecular flexibility index (Phi) is 29.6. The molecule has 0 unspecified atom stereocenters. The molecule has 0 bridgehead atoms. The molecule has 0 radical (unpaired) electrons. The number of aryl methyl sites for hydroxylation is 8. The Bertz CT molecular complexity index is 3080. The molecule has 2 nitrogen and oxygen atoms in total. The molecule has 8 fully saturated rings. The standard InChI is InChI=1S/2C23H34F2.2C22H30F2O/c2*1-15-4-9-19(10-5-15)20-11-6-18(7-12-20)8-13-21-16(2)14-17(3)22(24)23(21)25;2*1-13-4-6-16(7-5-13)17-8-10-18(11-9-17)22(25)19-14(2)12-15(3)20(23)21(19)24/h2*14-15,18-20H,4-13H2,1-3H3;2*12-13,16-18H,4-11H2,1-3H3. The van der Waals surface area contributed by atoms with E-state index in [9.17, 15) is 44.7 Å². The topological polar surface area (TPSA) is 34.1 Å². The number of Topliss-reactive ketones (excluding diaryl/α,β-unsaturated/α-hetero) is 2. The molecule has 4 aromatic carbocycles. The maximum atomic E-state index is 14.3. The predicted octanol–water partition coefficient (Wildman–Crippen LogP) is 27.1. The van der Waals surface area contributed by atoms with Crippen LogP contribution < -0.4 is 0 Å². The molecule has 10 heteroatoms. The predicted molar refractivity (Wildman–Crippen MR) is 395 cm³/mol. The van der Waals surface area contributed by atoms with Crippen LogP contribution in [0, 0.1) is 197 Å². The summed E-state index contributed by atoms with van der Waals surface area (Å²) in [6, 6.07) is 6.74. The van der Waals surface area contributed by atoms with E-state index in [1.54, 1.807) is 52.0 Å². The third-order valence-electron chi connectivity index (χ3n) is 27.7. The van der Waals surface area contributed by atoms with Gasteiger partial charge in [-0.15, -0.1) is 0 Å². The first-order valence-electron chi connectivity index (χ1n) is 40.5. The van der Waals surface area contributed by atoms with E-state index >= 15 is 0 Å². The van der Waals surface area contributed by atoms with Gasteiger partial charge in [0, 0.05) is 11.8 Å². The van der Waals surface area contributed by atoms with Crippen LogP contribution in [0.2, 0.25) is 0 Å². The highest BCUT2D eigenvalue weighted by atomic mass is 19.2. The van der Waals surface area contributed by atoms with Gasteiger partial charge in [-0.1, -0.05) is 129 Å². The number of rotatable bonds is 14. The molecule has 0 spiro atoms. The largest absolute Gasteiger partial charge is 0.294 e. The SMILES string of the molecule is Cc1cc(C)c(C(=O)C2CCC(C3CCC(C)CC3)CC2)c(F)c1F.Cc1cc(C)c(C(=O)C2CCC(C3CCC(C)CC3)CC2)c(F)c1F.Cc1cc(C)c(CCC2CCC(C3CCC(C)CC3)CC2)c(F)c1F.Cc1cc(C)c(CCC2CCC(C3CCC(C)CC3)CC2)c(F)c1F. The molecule has 0 aliphatic heterocycles. The summed E-state index contributed by atoms with van der Waals surface area (Å²) in [7, 11) is 0. The van der Waals surface area contributed by atoms with Crippen LogP contribution in [0.1, 0.15) is 322 Å². The van der Waals surface area contributed by atoms with Crippen LogP contribution >= 0.6 is 0 Å². The number of halogens is 8. The number of benzene rings is 4. The van der Waals surface area contributed by atoms with Crippen LogP contribution in [0.5, 0.6) is 0 Å². The first-order valence-corrected chi connectivity index (χ1v) is 40.5. The Morgan fingerprint density at radius 2 is 0.460 bits per heavy atom. The van der Waals surface area contributed by atoms with E-state index < -0.39 is 46.5 Å². The highest BCUT2D eigenvalue weighted by Crippen LogP contribution is 2.47. The summed E-state index contributed by atoms with van der Waals surface area (Å²) >= 11 is 0. The molecule has 8 saturated carbocycles. The summed E-state index contributed by atoms with van der Waals surface area (Å²) < 4.78 is 113. The molecule has 0 saturated heterocycles. The number of carbonyl (C=O) groups is 2. The van der Waals surface area contributed by atoms with E-state index in [4.69, 9.17) is 0 Å². The molecule has 0 amide bonds. The number of carbonyl (C=O) groups excluding carboxylic acids is 2. The van der Waals surface area contributed by atoms with Gasteiger partial charge >= 0.3 is 0 Å². The molecule has 8 aliphatic carbocycles. The van der Waals surface area contributed by atoms with Gasteiger partial charge in [0.05, 0.1) is 11.1 Å². The van der Waals surface area contributed by atoms with Gasteiger partial charge in [-0.3, -0.25) is 9.59 Å². The minimum absolute atomic E-state index is 0.0157. The van der Waals surface area contributed by atoms with Crippen LogP contribution in [-0.2, 0) is 12.8 Å². The average molecular weight is 1390 g/mol. The lowest BCUT2D eigenvalue weighted by atomic mass is 9.68. The van der Waals surface area contributed by atoms with Crippen molar-refractivity contribution in [3.63, 3.8) is 0 Å². The highest BCUT2D eigenvalue weighted by Gasteiger charge is 2.38. The van der Waals surface area contributed by atoms with Crippen LogP contribution in [0.3, 0.4) is 0 Å². The Hall–Kier alpha value is -4.34. The van der Waals surface area contributed by atoms with Crippen molar-refractivity contribution in [2.24, 2.45) is 94.7 Å². The molecule has 4 aromatic rings. The molecular weight excluding hydrogens is 1260 g/mol. The van der Waals surface area contributed by atoms with Crippen molar-refractivity contribution in [2.75, 3.05) is 0 Å². The van der Waals surface area contributed by atoms with E-state index in [0.717, 1.165) is 146 Å². The van der Waals surface area contributed by atoms with Crippen LogP contribution in [0.15, 0.2) is 24.3 Å². The van der Waals surface area contributed by atoms with Gasteiger partial charge in [0.1, 0.15) is 0 Å². The Morgan fingerprint density at radius 3 is 0.700 bits per heavy atom. The number of hydrogen-bond donors (Lipinski definition) is 0. The van der Waals surface area contributed by atoms with E-state index in [-0.39, 0.29) is 45.7 Å². The summed E-state index contributed by atoms with van der Waals surface area (Å²) in [6.07, 6.45) is 43.5. The van der Waals surface area contributed by atoms with E-state index in [1.165, 1.54) is 168 Å². The Labute approximate surface area is 599 Å². The first-order chi connectivity index (χ1) is 47.7. The molecule has 12 rings (SSSR count). The maximum absolute atomic E-state index is 14.3. The summed E-state index contributed by atoms with van der Waals surface area (Å²) in [5, 5.41) is 0. The molecule has 0 N–H and O–H groups in total. The molecule has 100 heavy (non-hydrogen) atoms. The van der Waals surface area contributed by atoms with Crippen LogP contribution in [0.25, 0.3) is 0 Å². The molecule has 556 valence electrons. The third kappa shape index (κ3) is 20.6. The molecule has 0 heterocycles. The lowest BCUT2D eigenvalue weighted by Crippen LogP contribution is -2.28. The molecule has 8 aliphatic rings. The number of hydrogen-bond acceptors (Lipinski definition) is 2. The van der Waals surface area contributed by atoms with E-state index in [0.29, 0.717) is 58.1 Å². The number of ketones is 2. The zero-order chi connectivity index (χ0) is 72.2. The summed E-state index contributed by atoms with van der Waals surface area (Å²) in [5.41, 5.74) is 5.47. The summed E-state index contributed by atoms with van der Waals surface area (Å²) in [6.45, 7) is 23.0. The molecule has 0 atom stereocenters. The highest BCUT2D eigenvalue weighted by molar-refractivity contribution is 6.00. The minimum atomic E-state index is -0.953. The van der Waals surface area contributed by atoms with Gasteiger partial charge in [-0.2, -0.15) is 0 Å². The quantitative estimate of drug-likeness (QED) is 0.0931. The van der Waals surface area contributed by atoms with Crippen molar-refractivity contribution in [3.05, 3.63) is 138 Å². The van der Waals surface area contributed by atoms with Crippen molar-refractivity contribution < 1.29 is 44.7 Å². The Morgan fingerprint density at radius 1 is 0.260 bits per heavy atom. The van der Waals surface area contributed by atoms with Crippen molar-refractivity contribution in [2.45, 2.75) is 314 Å². The lowest BCUT2D eigenvalue weighted by Gasteiger charge is -2.37. The van der Waals surface area contributed by atoms with Gasteiger partial charge < -0.3 is 0 Å². The van der Waals surface area contributed by atoms with Gasteiger partial charge in [-0.05, 0) is 348 Å². The van der Waals surface area contributed by atoms with Crippen LogP contribution in [-0.4, -0.2) is 11.6 Å². The smallest absolute Gasteiger partial charge is 0.170 e. The third-order valence-corrected chi connectivity index (χ3v) is 27.7. The second-order valence-electron chi connectivity index (χ2n) is 34.9. The van der Waals surface area contributed by atoms with Crippen molar-refractivity contribution >= 4 is 11.6 Å². The molecular formula is C90H128F8O2. The van der Waals surface area contributed by atoms with E-state index in [1.807, 2.05) is 13.8 Å². The van der Waals surface area contributed by atoms with Crippen molar-refractivity contribution in [1.29, 1.82) is 0 Å². The Balaban J connectivity index is 0.000000156.